The quantitative estimate of drug-likeness (QED) is 0.316. The van der Waals surface area contributed by atoms with E-state index in [-0.39, 0.29) is 17.3 Å². The highest BCUT2D eigenvalue weighted by Gasteiger charge is 2.14. The van der Waals surface area contributed by atoms with Crippen LogP contribution < -0.4 is 10.5 Å². The van der Waals surface area contributed by atoms with Crippen LogP contribution in [0.5, 0.6) is 0 Å². The fourth-order valence-corrected chi connectivity index (χ4v) is 3.07. The second-order valence-corrected chi connectivity index (χ2v) is 6.71. The van der Waals surface area contributed by atoms with Gasteiger partial charge in [0.25, 0.3) is 0 Å². The number of halogens is 1. The Kier molecular flexibility index (Phi) is 5.61. The van der Waals surface area contributed by atoms with Gasteiger partial charge in [0.15, 0.2) is 5.84 Å². The number of anilines is 1. The molecular formula is C11H16BrN3O3S. The molecule has 0 radical (unpaired) electrons. The fourth-order valence-electron chi connectivity index (χ4n) is 1.43. The molecule has 0 heterocycles. The Hall–Kier alpha value is -1.28. The Balaban J connectivity index is 3.09. The molecule has 1 rings (SSSR count). The fraction of sp³-hybridized carbons (Fsp3) is 0.364. The highest BCUT2D eigenvalue weighted by atomic mass is 79.9. The summed E-state index contributed by atoms with van der Waals surface area (Å²) in [6.07, 6.45) is 1.36. The van der Waals surface area contributed by atoms with E-state index in [9.17, 15) is 8.42 Å². The van der Waals surface area contributed by atoms with Gasteiger partial charge in [0.05, 0.1) is 11.4 Å². The molecule has 0 atom stereocenters. The van der Waals surface area contributed by atoms with Crippen LogP contribution in [0, 0.1) is 0 Å². The van der Waals surface area contributed by atoms with Gasteiger partial charge in [-0.2, -0.15) is 0 Å². The van der Waals surface area contributed by atoms with Crippen molar-refractivity contribution in [3.05, 3.63) is 28.2 Å². The first-order valence-electron chi connectivity index (χ1n) is 5.67. The van der Waals surface area contributed by atoms with Crippen molar-refractivity contribution >= 4 is 37.5 Å². The summed E-state index contributed by atoms with van der Waals surface area (Å²) in [6.45, 7) is 1.91. The van der Waals surface area contributed by atoms with E-state index >= 15 is 0 Å². The van der Waals surface area contributed by atoms with Gasteiger partial charge in [-0.25, -0.2) is 8.42 Å². The van der Waals surface area contributed by atoms with Crippen LogP contribution in [0.3, 0.4) is 0 Å². The first-order valence-corrected chi connectivity index (χ1v) is 8.12. The maximum absolute atomic E-state index is 11.9. The number of sulfonamides is 1. The Bertz CT molecular complexity index is 573. The second kappa shape index (κ2) is 6.76. The minimum absolute atomic E-state index is 0.0334. The number of nitrogens with two attached hydrogens (primary N) is 1. The zero-order chi connectivity index (χ0) is 14.5. The van der Waals surface area contributed by atoms with Crippen molar-refractivity contribution < 1.29 is 13.6 Å². The van der Waals surface area contributed by atoms with E-state index in [0.717, 1.165) is 6.42 Å². The third kappa shape index (κ3) is 4.71. The molecule has 0 spiro atoms. The van der Waals surface area contributed by atoms with Crippen LogP contribution in [0.2, 0.25) is 0 Å². The van der Waals surface area contributed by atoms with Crippen LogP contribution >= 0.6 is 15.9 Å². The number of hydrogen-bond donors (Lipinski definition) is 3. The summed E-state index contributed by atoms with van der Waals surface area (Å²) in [4.78, 5) is 0. The Morgan fingerprint density at radius 1 is 1.53 bits per heavy atom. The van der Waals surface area contributed by atoms with Crippen molar-refractivity contribution in [3.63, 3.8) is 0 Å². The molecule has 0 saturated heterocycles. The molecule has 1 aromatic carbocycles. The van der Waals surface area contributed by atoms with Crippen LogP contribution in [0.1, 0.15) is 25.3 Å². The molecule has 0 aliphatic rings. The number of rotatable bonds is 6. The number of benzene rings is 1. The molecule has 1 aromatic rings. The van der Waals surface area contributed by atoms with Crippen molar-refractivity contribution in [2.24, 2.45) is 10.9 Å². The number of oxime groups is 1. The lowest BCUT2D eigenvalue weighted by Crippen LogP contribution is -2.21. The molecule has 0 aromatic heterocycles. The monoisotopic (exact) mass is 349 g/mol. The van der Waals surface area contributed by atoms with Crippen LogP contribution in [-0.2, 0) is 10.0 Å². The van der Waals surface area contributed by atoms with Gasteiger partial charge in [-0.05, 0) is 24.6 Å². The number of nitrogens with zero attached hydrogens (tertiary/aromatic N) is 1. The Morgan fingerprint density at radius 3 is 2.79 bits per heavy atom. The van der Waals surface area contributed by atoms with Crippen LogP contribution in [-0.4, -0.2) is 25.2 Å². The largest absolute Gasteiger partial charge is 0.409 e. The normalized spacial score (nSPS) is 12.4. The average molecular weight is 350 g/mol. The highest BCUT2D eigenvalue weighted by Crippen LogP contribution is 2.22. The van der Waals surface area contributed by atoms with Crippen LogP contribution in [0.15, 0.2) is 27.8 Å². The lowest BCUT2D eigenvalue weighted by molar-refractivity contribution is 0.318. The van der Waals surface area contributed by atoms with Crippen molar-refractivity contribution in [2.45, 2.75) is 19.8 Å². The molecule has 0 saturated carbocycles. The predicted molar refractivity (Wildman–Crippen MR) is 79.0 cm³/mol. The predicted octanol–water partition coefficient (Wildman–Crippen LogP) is 2.09. The van der Waals surface area contributed by atoms with Gasteiger partial charge < -0.3 is 10.9 Å². The minimum atomic E-state index is -3.44. The van der Waals surface area contributed by atoms with E-state index in [2.05, 4.69) is 25.8 Å². The summed E-state index contributed by atoms with van der Waals surface area (Å²) < 4.78 is 26.9. The molecule has 0 amide bonds. The molecule has 0 fully saturated rings. The van der Waals surface area contributed by atoms with Crippen LogP contribution in [0.25, 0.3) is 0 Å². The maximum atomic E-state index is 11.9. The summed E-state index contributed by atoms with van der Waals surface area (Å²) >= 11 is 3.25. The molecule has 0 aliphatic carbocycles. The van der Waals surface area contributed by atoms with Crippen molar-refractivity contribution in [1.29, 1.82) is 0 Å². The second-order valence-electron chi connectivity index (χ2n) is 3.95. The summed E-state index contributed by atoms with van der Waals surface area (Å²) in [5.41, 5.74) is 6.12. The van der Waals surface area contributed by atoms with E-state index in [1.165, 1.54) is 0 Å². The number of nitrogens with one attached hydrogen (secondary N) is 1. The standard InChI is InChI=1S/C11H16BrN3O3S/c1-2-3-6-19(17,18)15-10-7-8(12)4-5-9(10)11(13)14-16/h4-5,7,15-16H,2-3,6H2,1H3,(H2,13,14). The lowest BCUT2D eigenvalue weighted by atomic mass is 10.2. The zero-order valence-electron chi connectivity index (χ0n) is 10.4. The van der Waals surface area contributed by atoms with Crippen molar-refractivity contribution in [3.8, 4) is 0 Å². The molecule has 8 heteroatoms. The highest BCUT2D eigenvalue weighted by molar-refractivity contribution is 9.10. The molecule has 106 valence electrons. The molecule has 0 unspecified atom stereocenters. The van der Waals surface area contributed by atoms with Crippen LogP contribution in [0.4, 0.5) is 5.69 Å². The summed E-state index contributed by atoms with van der Waals surface area (Å²) in [5.74, 6) is -0.119. The van der Waals surface area contributed by atoms with Gasteiger partial charge in [0.1, 0.15) is 0 Å². The maximum Gasteiger partial charge on any atom is 0.232 e. The van der Waals surface area contributed by atoms with Crippen molar-refractivity contribution in [1.82, 2.24) is 0 Å². The third-order valence-electron chi connectivity index (χ3n) is 2.40. The van der Waals surface area contributed by atoms with E-state index in [1.54, 1.807) is 18.2 Å². The number of hydrogen-bond acceptors (Lipinski definition) is 4. The summed E-state index contributed by atoms with van der Waals surface area (Å²) in [5, 5.41) is 11.6. The first-order chi connectivity index (χ1) is 8.89. The molecule has 4 N–H and O–H groups in total. The SMILES string of the molecule is CCCCS(=O)(=O)Nc1cc(Br)ccc1/C(N)=N/O. The first kappa shape index (κ1) is 15.8. The molecule has 6 nitrogen and oxygen atoms in total. The molecule has 19 heavy (non-hydrogen) atoms. The molecule has 0 bridgehead atoms. The van der Waals surface area contributed by atoms with E-state index in [4.69, 9.17) is 10.9 Å². The van der Waals surface area contributed by atoms with Gasteiger partial charge in [0, 0.05) is 10.0 Å². The average Bonchev–Trinajstić information content (AvgIpc) is 2.35. The third-order valence-corrected chi connectivity index (χ3v) is 4.25. The van der Waals surface area contributed by atoms with Gasteiger partial charge in [-0.1, -0.05) is 34.4 Å². The zero-order valence-corrected chi connectivity index (χ0v) is 12.8. The van der Waals surface area contributed by atoms with Gasteiger partial charge in [-0.3, -0.25) is 4.72 Å². The Labute approximate surface area is 120 Å². The van der Waals surface area contributed by atoms with E-state index in [1.807, 2.05) is 6.92 Å². The smallest absolute Gasteiger partial charge is 0.232 e. The molecular weight excluding hydrogens is 334 g/mol. The Morgan fingerprint density at radius 2 is 2.21 bits per heavy atom. The van der Waals surface area contributed by atoms with Gasteiger partial charge >= 0.3 is 0 Å². The summed E-state index contributed by atoms with van der Waals surface area (Å²) in [7, 11) is -3.44. The van der Waals surface area contributed by atoms with Crippen molar-refractivity contribution in [2.75, 3.05) is 10.5 Å². The van der Waals surface area contributed by atoms with E-state index < -0.39 is 10.0 Å². The molecule has 0 aliphatic heterocycles. The number of amidine groups is 1. The number of unbranched alkanes of at least 4 members (excludes halogenated alkanes) is 1. The van der Waals surface area contributed by atoms with Gasteiger partial charge in [0.2, 0.25) is 10.0 Å². The topological polar surface area (TPSA) is 105 Å². The van der Waals surface area contributed by atoms with E-state index in [0.29, 0.717) is 16.5 Å². The van der Waals surface area contributed by atoms with Gasteiger partial charge in [-0.15, -0.1) is 0 Å². The lowest BCUT2D eigenvalue weighted by Gasteiger charge is -2.12. The minimum Gasteiger partial charge on any atom is -0.409 e. The summed E-state index contributed by atoms with van der Waals surface area (Å²) in [6, 6.07) is 4.81.